The van der Waals surface area contributed by atoms with E-state index in [1.165, 1.54) is 0 Å². The lowest BCUT2D eigenvalue weighted by Crippen LogP contribution is -2.38. The van der Waals surface area contributed by atoms with Crippen LogP contribution in [0.1, 0.15) is 38.5 Å². The second-order valence-corrected chi connectivity index (χ2v) is 7.31. The van der Waals surface area contributed by atoms with Gasteiger partial charge in [-0.05, 0) is 38.5 Å². The lowest BCUT2D eigenvalue weighted by atomic mass is 10.4. The summed E-state index contributed by atoms with van der Waals surface area (Å²) in [5, 5.41) is 0. The Balaban J connectivity index is 1.72. The van der Waals surface area contributed by atoms with Gasteiger partial charge in [0.1, 0.15) is 18.7 Å². The van der Waals surface area contributed by atoms with Crippen LogP contribution >= 0.6 is 0 Å². The van der Waals surface area contributed by atoms with Crippen LogP contribution in [0.4, 0.5) is 17.8 Å². The van der Waals surface area contributed by atoms with Crippen molar-refractivity contribution in [3.8, 4) is 0 Å². The molecule has 0 N–H and O–H groups in total. The van der Waals surface area contributed by atoms with E-state index in [4.69, 9.17) is 29.2 Å². The molecule has 0 amide bonds. The van der Waals surface area contributed by atoms with E-state index in [2.05, 4.69) is 14.7 Å². The van der Waals surface area contributed by atoms with E-state index in [0.29, 0.717) is 17.8 Å². The molecule has 0 bridgehead atoms. The van der Waals surface area contributed by atoms with Gasteiger partial charge in [-0.25, -0.2) is 0 Å². The Kier molecular flexibility index (Phi) is 5.60. The van der Waals surface area contributed by atoms with Crippen molar-refractivity contribution in [2.75, 3.05) is 55.7 Å². The summed E-state index contributed by atoms with van der Waals surface area (Å²) in [6.45, 7) is 2.68. The van der Waals surface area contributed by atoms with Gasteiger partial charge in [0.15, 0.2) is 0 Å². The molecule has 0 aromatic carbocycles. The molecule has 3 aliphatic heterocycles. The number of nitrogens with zero attached hydrogens (tertiary/aromatic N) is 6. The summed E-state index contributed by atoms with van der Waals surface area (Å²) in [7, 11) is 5.23. The first-order valence-electron chi connectivity index (χ1n) is 9.89. The van der Waals surface area contributed by atoms with Crippen LogP contribution in [-0.2, 0) is 14.2 Å². The van der Waals surface area contributed by atoms with Crippen molar-refractivity contribution in [1.29, 1.82) is 0 Å². The molecule has 1 aromatic heterocycles. The summed E-state index contributed by atoms with van der Waals surface area (Å²) < 4.78 is 16.9. The minimum absolute atomic E-state index is 0.0155. The highest BCUT2D eigenvalue weighted by atomic mass is 16.5. The normalized spacial score (nSPS) is 28.6. The number of ether oxygens (including phenoxy) is 3. The average molecular weight is 378 g/mol. The van der Waals surface area contributed by atoms with Crippen LogP contribution in [0.15, 0.2) is 0 Å². The molecule has 9 heteroatoms. The van der Waals surface area contributed by atoms with Gasteiger partial charge in [-0.2, -0.15) is 15.0 Å². The van der Waals surface area contributed by atoms with Gasteiger partial charge in [-0.3, -0.25) is 0 Å². The van der Waals surface area contributed by atoms with E-state index in [0.717, 1.165) is 58.2 Å². The SMILES string of the molecule is COC1CCCN1c1nc(N2CCCC2OC)nc(N2CCCC2OC)n1. The maximum atomic E-state index is 5.64. The molecule has 3 saturated heterocycles. The molecule has 150 valence electrons. The first-order chi connectivity index (χ1) is 13.2. The highest BCUT2D eigenvalue weighted by Gasteiger charge is 2.34. The van der Waals surface area contributed by atoms with Crippen molar-refractivity contribution in [3.05, 3.63) is 0 Å². The van der Waals surface area contributed by atoms with Crippen LogP contribution in [0.5, 0.6) is 0 Å². The van der Waals surface area contributed by atoms with Gasteiger partial charge in [0.25, 0.3) is 0 Å². The predicted octanol–water partition coefficient (Wildman–Crippen LogP) is 1.59. The molecule has 0 radical (unpaired) electrons. The Morgan fingerprint density at radius 1 is 0.593 bits per heavy atom. The third-order valence-corrected chi connectivity index (χ3v) is 5.78. The maximum Gasteiger partial charge on any atom is 0.234 e. The second kappa shape index (κ2) is 8.12. The Hall–Kier alpha value is -1.71. The molecular formula is C18H30N6O3. The minimum Gasteiger partial charge on any atom is -0.362 e. The van der Waals surface area contributed by atoms with Crippen molar-refractivity contribution < 1.29 is 14.2 Å². The first-order valence-corrected chi connectivity index (χ1v) is 9.89. The van der Waals surface area contributed by atoms with E-state index >= 15 is 0 Å². The standard InChI is InChI=1S/C18H30N6O3/c1-25-13-7-4-10-22(13)16-19-17(23-11-5-8-14(23)26-2)21-18(20-16)24-12-6-9-15(24)27-3/h13-15H,4-12H2,1-3H3. The Morgan fingerprint density at radius 3 is 1.15 bits per heavy atom. The second-order valence-electron chi connectivity index (χ2n) is 7.31. The summed E-state index contributed by atoms with van der Waals surface area (Å²) in [5.74, 6) is 2.05. The van der Waals surface area contributed by atoms with E-state index in [1.807, 2.05) is 0 Å². The zero-order valence-electron chi connectivity index (χ0n) is 16.5. The average Bonchev–Trinajstić information content (AvgIpc) is 3.46. The molecule has 27 heavy (non-hydrogen) atoms. The van der Waals surface area contributed by atoms with Crippen molar-refractivity contribution in [1.82, 2.24) is 15.0 Å². The van der Waals surface area contributed by atoms with Gasteiger partial charge in [0.2, 0.25) is 17.8 Å². The molecule has 3 unspecified atom stereocenters. The van der Waals surface area contributed by atoms with Gasteiger partial charge in [-0.1, -0.05) is 0 Å². The summed E-state index contributed by atoms with van der Waals surface area (Å²) in [4.78, 5) is 20.9. The van der Waals surface area contributed by atoms with Gasteiger partial charge in [-0.15, -0.1) is 0 Å². The fraction of sp³-hybridized carbons (Fsp3) is 0.833. The molecule has 4 heterocycles. The van der Waals surface area contributed by atoms with Gasteiger partial charge in [0.05, 0.1) is 0 Å². The van der Waals surface area contributed by atoms with Gasteiger partial charge in [0, 0.05) is 41.0 Å². The fourth-order valence-corrected chi connectivity index (χ4v) is 4.36. The monoisotopic (exact) mass is 378 g/mol. The number of hydrogen-bond donors (Lipinski definition) is 0. The first kappa shape index (κ1) is 18.6. The van der Waals surface area contributed by atoms with Crippen LogP contribution < -0.4 is 14.7 Å². The number of aromatic nitrogens is 3. The van der Waals surface area contributed by atoms with Crippen LogP contribution in [-0.4, -0.2) is 74.6 Å². The van der Waals surface area contributed by atoms with Crippen molar-refractivity contribution in [2.24, 2.45) is 0 Å². The molecular weight excluding hydrogens is 348 g/mol. The summed E-state index contributed by atoms with van der Waals surface area (Å²) in [5.41, 5.74) is 0. The van der Waals surface area contributed by atoms with Crippen LogP contribution in [0, 0.1) is 0 Å². The molecule has 3 atom stereocenters. The van der Waals surface area contributed by atoms with Crippen molar-refractivity contribution >= 4 is 17.8 Å². The summed E-state index contributed by atoms with van der Waals surface area (Å²) in [6, 6.07) is 0. The van der Waals surface area contributed by atoms with Gasteiger partial charge < -0.3 is 28.9 Å². The molecule has 3 fully saturated rings. The number of hydrogen-bond acceptors (Lipinski definition) is 9. The van der Waals surface area contributed by atoms with Crippen molar-refractivity contribution in [2.45, 2.75) is 57.2 Å². The van der Waals surface area contributed by atoms with Crippen LogP contribution in [0.25, 0.3) is 0 Å². The predicted molar refractivity (Wildman–Crippen MR) is 102 cm³/mol. The number of methoxy groups -OCH3 is 3. The van der Waals surface area contributed by atoms with Gasteiger partial charge >= 0.3 is 0 Å². The summed E-state index contributed by atoms with van der Waals surface area (Å²) >= 11 is 0. The van der Waals surface area contributed by atoms with Crippen LogP contribution in [0.2, 0.25) is 0 Å². The lowest BCUT2D eigenvalue weighted by molar-refractivity contribution is 0.107. The van der Waals surface area contributed by atoms with Crippen LogP contribution in [0.3, 0.4) is 0 Å². The molecule has 3 aliphatic rings. The lowest BCUT2D eigenvalue weighted by Gasteiger charge is -2.29. The van der Waals surface area contributed by atoms with E-state index in [1.54, 1.807) is 21.3 Å². The molecule has 0 saturated carbocycles. The Labute approximate surface area is 160 Å². The third kappa shape index (κ3) is 3.55. The van der Waals surface area contributed by atoms with E-state index in [9.17, 15) is 0 Å². The number of rotatable bonds is 6. The molecule has 0 aliphatic carbocycles. The van der Waals surface area contributed by atoms with Crippen molar-refractivity contribution in [3.63, 3.8) is 0 Å². The zero-order chi connectivity index (χ0) is 18.8. The summed E-state index contributed by atoms with van der Waals surface area (Å²) in [6.07, 6.45) is 6.23. The highest BCUT2D eigenvalue weighted by Crippen LogP contribution is 2.31. The maximum absolute atomic E-state index is 5.64. The molecule has 0 spiro atoms. The van der Waals surface area contributed by atoms with E-state index in [-0.39, 0.29) is 18.7 Å². The molecule has 1 aromatic rings. The molecule has 9 nitrogen and oxygen atoms in total. The zero-order valence-corrected chi connectivity index (χ0v) is 16.5. The quantitative estimate of drug-likeness (QED) is 0.733. The third-order valence-electron chi connectivity index (χ3n) is 5.78. The minimum atomic E-state index is 0.0155. The number of anilines is 3. The Morgan fingerprint density at radius 2 is 0.889 bits per heavy atom. The topological polar surface area (TPSA) is 76.1 Å². The Bertz CT molecular complexity index is 549. The fourth-order valence-electron chi connectivity index (χ4n) is 4.36. The smallest absolute Gasteiger partial charge is 0.234 e. The highest BCUT2D eigenvalue weighted by molar-refractivity contribution is 5.48. The largest absolute Gasteiger partial charge is 0.362 e. The molecule has 4 rings (SSSR count). The van der Waals surface area contributed by atoms with E-state index < -0.39 is 0 Å².